The summed E-state index contributed by atoms with van der Waals surface area (Å²) in [4.78, 5) is 0.294. The van der Waals surface area contributed by atoms with Gasteiger partial charge in [0, 0.05) is 11.7 Å². The molecular weight excluding hydrogens is 284 g/mol. The van der Waals surface area contributed by atoms with E-state index in [1.165, 1.54) is 0 Å². The Morgan fingerprint density at radius 2 is 1.52 bits per heavy atom. The van der Waals surface area contributed by atoms with Crippen LogP contribution < -0.4 is 10.5 Å². The van der Waals surface area contributed by atoms with Crippen molar-refractivity contribution in [3.63, 3.8) is 0 Å². The minimum atomic E-state index is -3.54. The highest BCUT2D eigenvalue weighted by Gasteiger charge is 2.18. The maximum Gasteiger partial charge on any atom is 0.241 e. The third-order valence-electron chi connectivity index (χ3n) is 3.27. The van der Waals surface area contributed by atoms with E-state index in [1.54, 1.807) is 24.3 Å². The molecule has 0 saturated heterocycles. The van der Waals surface area contributed by atoms with Gasteiger partial charge in [-0.15, -0.1) is 0 Å². The first-order valence-electron chi connectivity index (χ1n) is 6.74. The SMILES string of the molecule is Cc1cc(C)cc(S(=O)(=O)NC(C)c2ccc(N)cc2)c1. The van der Waals surface area contributed by atoms with Crippen molar-refractivity contribution in [3.05, 3.63) is 59.2 Å². The zero-order chi connectivity index (χ0) is 15.6. The number of rotatable bonds is 4. The van der Waals surface area contributed by atoms with Crippen molar-refractivity contribution in [2.45, 2.75) is 31.7 Å². The Hall–Kier alpha value is -1.85. The average Bonchev–Trinajstić information content (AvgIpc) is 2.37. The summed E-state index contributed by atoms with van der Waals surface area (Å²) in [5, 5.41) is 0. The first-order valence-corrected chi connectivity index (χ1v) is 8.22. The van der Waals surface area contributed by atoms with E-state index in [-0.39, 0.29) is 6.04 Å². The van der Waals surface area contributed by atoms with Gasteiger partial charge in [-0.2, -0.15) is 0 Å². The lowest BCUT2D eigenvalue weighted by Gasteiger charge is -2.15. The number of hydrogen-bond acceptors (Lipinski definition) is 3. The maximum atomic E-state index is 12.5. The number of benzene rings is 2. The van der Waals surface area contributed by atoms with Crippen LogP contribution in [0.1, 0.15) is 29.7 Å². The van der Waals surface area contributed by atoms with Crippen molar-refractivity contribution in [2.24, 2.45) is 0 Å². The first-order chi connectivity index (χ1) is 9.78. The molecule has 0 aliphatic rings. The van der Waals surface area contributed by atoms with Gasteiger partial charge >= 0.3 is 0 Å². The molecule has 2 aromatic carbocycles. The van der Waals surface area contributed by atoms with Crippen molar-refractivity contribution in [1.29, 1.82) is 0 Å². The van der Waals surface area contributed by atoms with Crippen LogP contribution in [0.15, 0.2) is 47.4 Å². The lowest BCUT2D eigenvalue weighted by Crippen LogP contribution is -2.27. The molecule has 2 aromatic rings. The van der Waals surface area contributed by atoms with Gasteiger partial charge < -0.3 is 5.73 Å². The lowest BCUT2D eigenvalue weighted by atomic mass is 10.1. The first kappa shape index (κ1) is 15.5. The predicted molar refractivity (Wildman–Crippen MR) is 85.5 cm³/mol. The van der Waals surface area contributed by atoms with Gasteiger partial charge in [0.15, 0.2) is 0 Å². The van der Waals surface area contributed by atoms with Gasteiger partial charge in [-0.3, -0.25) is 0 Å². The van der Waals surface area contributed by atoms with E-state index in [4.69, 9.17) is 5.73 Å². The smallest absolute Gasteiger partial charge is 0.241 e. The van der Waals surface area contributed by atoms with E-state index in [0.29, 0.717) is 10.6 Å². The summed E-state index contributed by atoms with van der Waals surface area (Å²) < 4.78 is 27.6. The van der Waals surface area contributed by atoms with Gasteiger partial charge in [0.2, 0.25) is 10.0 Å². The molecule has 1 atom stereocenters. The topological polar surface area (TPSA) is 72.2 Å². The fourth-order valence-corrected chi connectivity index (χ4v) is 3.66. The van der Waals surface area contributed by atoms with E-state index in [9.17, 15) is 8.42 Å². The van der Waals surface area contributed by atoms with Gasteiger partial charge in [-0.1, -0.05) is 18.2 Å². The van der Waals surface area contributed by atoms with Gasteiger partial charge in [0.1, 0.15) is 0 Å². The minimum Gasteiger partial charge on any atom is -0.399 e. The van der Waals surface area contributed by atoms with Crippen LogP contribution in [0.5, 0.6) is 0 Å². The normalized spacial score (nSPS) is 13.1. The second kappa shape index (κ2) is 5.87. The molecule has 5 heteroatoms. The molecule has 0 amide bonds. The van der Waals surface area contributed by atoms with E-state index in [1.807, 2.05) is 39.0 Å². The van der Waals surface area contributed by atoms with E-state index < -0.39 is 10.0 Å². The largest absolute Gasteiger partial charge is 0.399 e. The Morgan fingerprint density at radius 3 is 2.05 bits per heavy atom. The average molecular weight is 304 g/mol. The Bertz CT molecular complexity index is 717. The lowest BCUT2D eigenvalue weighted by molar-refractivity contribution is 0.567. The van der Waals surface area contributed by atoms with Crippen molar-refractivity contribution in [1.82, 2.24) is 4.72 Å². The molecule has 0 aliphatic heterocycles. The van der Waals surface area contributed by atoms with Crippen LogP contribution in [-0.4, -0.2) is 8.42 Å². The zero-order valence-electron chi connectivity index (χ0n) is 12.4. The molecular formula is C16H20N2O2S. The fraction of sp³-hybridized carbons (Fsp3) is 0.250. The Balaban J connectivity index is 2.26. The number of anilines is 1. The highest BCUT2D eigenvalue weighted by atomic mass is 32.2. The van der Waals surface area contributed by atoms with Crippen LogP contribution >= 0.6 is 0 Å². The van der Waals surface area contributed by atoms with Crippen molar-refractivity contribution >= 4 is 15.7 Å². The van der Waals surface area contributed by atoms with Crippen LogP contribution in [0.3, 0.4) is 0 Å². The zero-order valence-corrected chi connectivity index (χ0v) is 13.2. The van der Waals surface area contributed by atoms with E-state index >= 15 is 0 Å². The van der Waals surface area contributed by atoms with Crippen LogP contribution in [0.2, 0.25) is 0 Å². The van der Waals surface area contributed by atoms with E-state index in [0.717, 1.165) is 16.7 Å². The quantitative estimate of drug-likeness (QED) is 0.853. The van der Waals surface area contributed by atoms with Gasteiger partial charge in [-0.25, -0.2) is 13.1 Å². The molecule has 0 fully saturated rings. The summed E-state index contributed by atoms with van der Waals surface area (Å²) >= 11 is 0. The molecule has 112 valence electrons. The molecule has 1 unspecified atom stereocenters. The maximum absolute atomic E-state index is 12.5. The standard InChI is InChI=1S/C16H20N2O2S/c1-11-8-12(2)10-16(9-11)21(19,20)18-13(3)14-4-6-15(17)7-5-14/h4-10,13,18H,17H2,1-3H3. The molecule has 0 aromatic heterocycles. The van der Waals surface area contributed by atoms with Crippen molar-refractivity contribution in [3.8, 4) is 0 Å². The summed E-state index contributed by atoms with van der Waals surface area (Å²) in [6.07, 6.45) is 0. The van der Waals surface area contributed by atoms with Crippen LogP contribution in [0.4, 0.5) is 5.69 Å². The highest BCUT2D eigenvalue weighted by molar-refractivity contribution is 7.89. The molecule has 0 radical (unpaired) electrons. The fourth-order valence-electron chi connectivity index (χ4n) is 2.24. The number of nitrogens with one attached hydrogen (secondary N) is 1. The second-order valence-corrected chi connectivity index (χ2v) is 7.05. The van der Waals surface area contributed by atoms with Gasteiger partial charge in [-0.05, 0) is 61.7 Å². The highest BCUT2D eigenvalue weighted by Crippen LogP contribution is 2.19. The summed E-state index contributed by atoms with van der Waals surface area (Å²) in [7, 11) is -3.54. The van der Waals surface area contributed by atoms with Crippen molar-refractivity contribution < 1.29 is 8.42 Å². The van der Waals surface area contributed by atoms with Gasteiger partial charge in [0.25, 0.3) is 0 Å². The Morgan fingerprint density at radius 1 is 1.00 bits per heavy atom. The summed E-state index contributed by atoms with van der Waals surface area (Å²) in [6.45, 7) is 5.58. The number of aryl methyl sites for hydroxylation is 2. The number of sulfonamides is 1. The number of nitrogens with two attached hydrogens (primary N) is 1. The van der Waals surface area contributed by atoms with Gasteiger partial charge in [0.05, 0.1) is 4.90 Å². The minimum absolute atomic E-state index is 0.294. The summed E-state index contributed by atoms with van der Waals surface area (Å²) in [5.74, 6) is 0. The molecule has 0 saturated carbocycles. The molecule has 0 spiro atoms. The molecule has 2 rings (SSSR count). The van der Waals surface area contributed by atoms with E-state index in [2.05, 4.69) is 4.72 Å². The Kier molecular flexibility index (Phi) is 4.34. The molecule has 21 heavy (non-hydrogen) atoms. The monoisotopic (exact) mass is 304 g/mol. The molecule has 3 N–H and O–H groups in total. The van der Waals surface area contributed by atoms with Crippen LogP contribution in [0.25, 0.3) is 0 Å². The molecule has 0 heterocycles. The third kappa shape index (κ3) is 3.83. The number of hydrogen-bond donors (Lipinski definition) is 2. The summed E-state index contributed by atoms with van der Waals surface area (Å²) in [6, 6.07) is 12.1. The molecule has 0 aliphatic carbocycles. The third-order valence-corrected chi connectivity index (χ3v) is 4.79. The Labute approximate surface area is 126 Å². The van der Waals surface area contributed by atoms with Crippen LogP contribution in [0, 0.1) is 13.8 Å². The molecule has 0 bridgehead atoms. The second-order valence-electron chi connectivity index (χ2n) is 5.33. The predicted octanol–water partition coefficient (Wildman–Crippen LogP) is 2.93. The van der Waals surface area contributed by atoms with Crippen LogP contribution in [-0.2, 0) is 10.0 Å². The van der Waals surface area contributed by atoms with Crippen molar-refractivity contribution in [2.75, 3.05) is 5.73 Å². The number of nitrogen functional groups attached to an aromatic ring is 1. The molecule has 4 nitrogen and oxygen atoms in total. The summed E-state index contributed by atoms with van der Waals surface area (Å²) in [5.41, 5.74) is 9.02.